The van der Waals surface area contributed by atoms with Gasteiger partial charge in [-0.15, -0.1) is 24.0 Å². The lowest BCUT2D eigenvalue weighted by Crippen LogP contribution is -2.45. The minimum Gasteiger partial charge on any atom is -0.486 e. The van der Waals surface area contributed by atoms with E-state index in [9.17, 15) is 0 Å². The number of fused-ring (bicyclic) bond motifs is 1. The molecule has 8 heteroatoms. The summed E-state index contributed by atoms with van der Waals surface area (Å²) in [6.45, 7) is 5.21. The maximum Gasteiger partial charge on any atom is 0.191 e. The van der Waals surface area contributed by atoms with Crippen LogP contribution in [-0.4, -0.2) is 58.6 Å². The monoisotopic (exact) mass is 524 g/mol. The molecule has 30 heavy (non-hydrogen) atoms. The van der Waals surface area contributed by atoms with Gasteiger partial charge in [0, 0.05) is 32.4 Å². The normalized spacial score (nSPS) is 18.4. The molecule has 2 N–H and O–H groups in total. The van der Waals surface area contributed by atoms with Crippen molar-refractivity contribution in [1.82, 2.24) is 10.6 Å². The van der Waals surface area contributed by atoms with Crippen LogP contribution in [0.4, 0.5) is 5.69 Å². The van der Waals surface area contributed by atoms with E-state index in [1.54, 1.807) is 7.05 Å². The van der Waals surface area contributed by atoms with E-state index in [1.807, 2.05) is 24.3 Å². The highest BCUT2D eigenvalue weighted by Crippen LogP contribution is 2.30. The standard InChI is InChI=1S/C22H28N4O3.HI/c1-23-22(25-15-18-16-28-20-8-4-5-9-21(20)29-18)24-14-17-6-2-3-7-19(17)26-10-12-27-13-11-26;/h2-9,18H,10-16H2,1H3,(H2,23,24,25);1H. The van der Waals surface area contributed by atoms with E-state index in [4.69, 9.17) is 14.2 Å². The van der Waals surface area contributed by atoms with Crippen molar-refractivity contribution in [2.24, 2.45) is 4.99 Å². The van der Waals surface area contributed by atoms with Gasteiger partial charge in [-0.2, -0.15) is 0 Å². The SMILES string of the molecule is CN=C(NCc1ccccc1N1CCOCC1)NCC1COc2ccccc2O1.I. The Morgan fingerprint density at radius 1 is 1.03 bits per heavy atom. The van der Waals surface area contributed by atoms with Gasteiger partial charge in [0.1, 0.15) is 12.7 Å². The Hall–Kier alpha value is -2.20. The van der Waals surface area contributed by atoms with E-state index in [1.165, 1.54) is 11.3 Å². The van der Waals surface area contributed by atoms with Gasteiger partial charge in [-0.25, -0.2) is 0 Å². The molecule has 0 spiro atoms. The maximum atomic E-state index is 6.00. The van der Waals surface area contributed by atoms with Gasteiger partial charge >= 0.3 is 0 Å². The minimum absolute atomic E-state index is 0. The maximum absolute atomic E-state index is 6.00. The summed E-state index contributed by atoms with van der Waals surface area (Å²) in [5.41, 5.74) is 2.49. The van der Waals surface area contributed by atoms with Crippen LogP contribution >= 0.6 is 24.0 Å². The molecule has 1 fully saturated rings. The lowest BCUT2D eigenvalue weighted by Gasteiger charge is -2.31. The Balaban J connectivity index is 0.00000256. The quantitative estimate of drug-likeness (QED) is 0.356. The van der Waals surface area contributed by atoms with E-state index in [2.05, 4.69) is 44.8 Å². The number of hydrogen-bond acceptors (Lipinski definition) is 5. The number of nitrogens with zero attached hydrogens (tertiary/aromatic N) is 2. The van der Waals surface area contributed by atoms with Crippen molar-refractivity contribution < 1.29 is 14.2 Å². The third-order valence-electron chi connectivity index (χ3n) is 5.08. The third kappa shape index (κ3) is 5.69. The summed E-state index contributed by atoms with van der Waals surface area (Å²) in [7, 11) is 1.77. The number of hydrogen-bond donors (Lipinski definition) is 2. The van der Waals surface area contributed by atoms with Crippen LogP contribution in [0.5, 0.6) is 11.5 Å². The summed E-state index contributed by atoms with van der Waals surface area (Å²) in [6, 6.07) is 16.2. The molecular formula is C22H29IN4O3. The molecule has 0 aromatic heterocycles. The van der Waals surface area contributed by atoms with Crippen LogP contribution in [0, 0.1) is 0 Å². The van der Waals surface area contributed by atoms with Gasteiger partial charge in [0.15, 0.2) is 17.5 Å². The smallest absolute Gasteiger partial charge is 0.191 e. The molecule has 0 saturated carbocycles. The molecule has 7 nitrogen and oxygen atoms in total. The predicted molar refractivity (Wildman–Crippen MR) is 129 cm³/mol. The Morgan fingerprint density at radius 2 is 1.77 bits per heavy atom. The van der Waals surface area contributed by atoms with E-state index < -0.39 is 0 Å². The van der Waals surface area contributed by atoms with Crippen LogP contribution in [0.1, 0.15) is 5.56 Å². The topological polar surface area (TPSA) is 67.4 Å². The molecule has 1 saturated heterocycles. The second-order valence-corrected chi connectivity index (χ2v) is 7.03. The van der Waals surface area contributed by atoms with Gasteiger partial charge in [0.25, 0.3) is 0 Å². The zero-order valence-electron chi connectivity index (χ0n) is 17.2. The fraction of sp³-hybridized carbons (Fsp3) is 0.409. The number of rotatable bonds is 5. The van der Waals surface area contributed by atoms with Crippen LogP contribution in [0.25, 0.3) is 0 Å². The summed E-state index contributed by atoms with van der Waals surface area (Å²) in [6.07, 6.45) is -0.0657. The highest BCUT2D eigenvalue weighted by molar-refractivity contribution is 14.0. The van der Waals surface area contributed by atoms with Gasteiger partial charge in [-0.05, 0) is 23.8 Å². The minimum atomic E-state index is -0.0657. The molecule has 1 unspecified atom stereocenters. The van der Waals surface area contributed by atoms with Gasteiger partial charge in [0.2, 0.25) is 0 Å². The summed E-state index contributed by atoms with van der Waals surface area (Å²) in [5, 5.41) is 6.75. The van der Waals surface area contributed by atoms with E-state index in [0.717, 1.165) is 43.8 Å². The number of halogens is 1. The Morgan fingerprint density at radius 3 is 2.57 bits per heavy atom. The first-order valence-corrected chi connectivity index (χ1v) is 10.1. The number of nitrogens with one attached hydrogen (secondary N) is 2. The molecule has 2 aliphatic heterocycles. The molecule has 2 aliphatic rings. The third-order valence-corrected chi connectivity index (χ3v) is 5.08. The fourth-order valence-corrected chi connectivity index (χ4v) is 3.55. The molecule has 4 rings (SSSR count). The van der Waals surface area contributed by atoms with Crippen LogP contribution in [0.2, 0.25) is 0 Å². The number of benzene rings is 2. The van der Waals surface area contributed by atoms with Crippen molar-refractivity contribution in [3.05, 3.63) is 54.1 Å². The van der Waals surface area contributed by atoms with Crippen molar-refractivity contribution >= 4 is 35.6 Å². The lowest BCUT2D eigenvalue weighted by atomic mass is 10.1. The predicted octanol–water partition coefficient (Wildman–Crippen LogP) is 2.65. The van der Waals surface area contributed by atoms with Crippen LogP contribution in [0.3, 0.4) is 0 Å². The van der Waals surface area contributed by atoms with Gasteiger partial charge in [-0.1, -0.05) is 30.3 Å². The van der Waals surface area contributed by atoms with Gasteiger partial charge in [-0.3, -0.25) is 4.99 Å². The Bertz CT molecular complexity index is 843. The van der Waals surface area contributed by atoms with Gasteiger partial charge < -0.3 is 29.7 Å². The van der Waals surface area contributed by atoms with Crippen molar-refractivity contribution in [3.63, 3.8) is 0 Å². The molecule has 0 amide bonds. The molecule has 2 aromatic rings. The largest absolute Gasteiger partial charge is 0.486 e. The van der Waals surface area contributed by atoms with Crippen LogP contribution in [-0.2, 0) is 11.3 Å². The number of anilines is 1. The second-order valence-electron chi connectivity index (χ2n) is 7.03. The van der Waals surface area contributed by atoms with Crippen LogP contribution in [0.15, 0.2) is 53.5 Å². The summed E-state index contributed by atoms with van der Waals surface area (Å²) in [4.78, 5) is 6.71. The van der Waals surface area contributed by atoms with Crippen LogP contribution < -0.4 is 25.0 Å². The zero-order valence-corrected chi connectivity index (χ0v) is 19.5. The molecule has 1 atom stereocenters. The molecule has 2 aromatic carbocycles. The highest BCUT2D eigenvalue weighted by Gasteiger charge is 2.21. The number of ether oxygens (including phenoxy) is 3. The molecular weight excluding hydrogens is 495 g/mol. The molecule has 0 radical (unpaired) electrons. The van der Waals surface area contributed by atoms with E-state index >= 15 is 0 Å². The number of para-hydroxylation sites is 3. The molecule has 162 valence electrons. The van der Waals surface area contributed by atoms with Crippen molar-refractivity contribution in [3.8, 4) is 11.5 Å². The zero-order chi connectivity index (χ0) is 19.9. The fourth-order valence-electron chi connectivity index (χ4n) is 3.55. The molecule has 0 aliphatic carbocycles. The Labute approximate surface area is 194 Å². The summed E-state index contributed by atoms with van der Waals surface area (Å²) >= 11 is 0. The first-order valence-electron chi connectivity index (χ1n) is 10.1. The van der Waals surface area contributed by atoms with Gasteiger partial charge in [0.05, 0.1) is 19.8 Å². The highest BCUT2D eigenvalue weighted by atomic mass is 127. The molecule has 2 heterocycles. The van der Waals surface area contributed by atoms with E-state index in [-0.39, 0.29) is 30.1 Å². The average Bonchev–Trinajstić information content (AvgIpc) is 2.80. The summed E-state index contributed by atoms with van der Waals surface area (Å²) < 4.78 is 17.3. The lowest BCUT2D eigenvalue weighted by molar-refractivity contribution is 0.0936. The second kappa shape index (κ2) is 11.3. The Kier molecular flexibility index (Phi) is 8.44. The average molecular weight is 524 g/mol. The first kappa shape index (κ1) is 22.5. The number of guanidine groups is 1. The summed E-state index contributed by atoms with van der Waals surface area (Å²) in [5.74, 6) is 2.32. The van der Waals surface area contributed by atoms with Crippen molar-refractivity contribution in [2.45, 2.75) is 12.6 Å². The number of morpholine rings is 1. The van der Waals surface area contributed by atoms with Crippen molar-refractivity contribution in [1.29, 1.82) is 0 Å². The van der Waals surface area contributed by atoms with E-state index in [0.29, 0.717) is 19.7 Å². The van der Waals surface area contributed by atoms with Crippen molar-refractivity contribution in [2.75, 3.05) is 51.4 Å². The first-order chi connectivity index (χ1) is 14.3. The molecule has 0 bridgehead atoms. The number of aliphatic imine (C=N–C) groups is 1.